The van der Waals surface area contributed by atoms with Gasteiger partial charge >= 0.3 is 12.0 Å². The van der Waals surface area contributed by atoms with Crippen molar-refractivity contribution in [3.63, 3.8) is 0 Å². The summed E-state index contributed by atoms with van der Waals surface area (Å²) >= 11 is 6.68. The summed E-state index contributed by atoms with van der Waals surface area (Å²) in [7, 11) is -0.904. The van der Waals surface area contributed by atoms with Crippen LogP contribution in [0.5, 0.6) is 12.0 Å². The van der Waals surface area contributed by atoms with Gasteiger partial charge in [0.1, 0.15) is 4.21 Å². The molecule has 1 N–H and O–H groups in total. The number of ether oxygens (including phenoxy) is 2. The number of methoxy groups -OCH3 is 2. The summed E-state index contributed by atoms with van der Waals surface area (Å²) in [4.78, 5) is 11.7. The first kappa shape index (κ1) is 15.9. The number of thiophene rings is 1. The van der Waals surface area contributed by atoms with Crippen LogP contribution in [0.1, 0.15) is 5.82 Å². The fraction of sp³-hybridized carbons (Fsp3) is 0.300. The van der Waals surface area contributed by atoms with Crippen LogP contribution in [0.25, 0.3) is 0 Å². The summed E-state index contributed by atoms with van der Waals surface area (Å²) < 4.78 is 36.7. The highest BCUT2D eigenvalue weighted by molar-refractivity contribution is 7.91. The zero-order valence-electron chi connectivity index (χ0n) is 11.0. The Morgan fingerprint density at radius 2 is 1.81 bits per heavy atom. The van der Waals surface area contributed by atoms with E-state index in [2.05, 4.69) is 19.7 Å². The van der Waals surface area contributed by atoms with Gasteiger partial charge in [-0.15, -0.1) is 16.3 Å². The first-order chi connectivity index (χ1) is 9.94. The van der Waals surface area contributed by atoms with Crippen LogP contribution in [0.3, 0.4) is 0 Å². The van der Waals surface area contributed by atoms with E-state index in [4.69, 9.17) is 21.1 Å². The minimum absolute atomic E-state index is 0.0372. The molecule has 0 aliphatic carbocycles. The predicted molar refractivity (Wildman–Crippen MR) is 76.3 cm³/mol. The quantitative estimate of drug-likeness (QED) is 0.831. The van der Waals surface area contributed by atoms with Gasteiger partial charge in [0, 0.05) is 0 Å². The van der Waals surface area contributed by atoms with Crippen LogP contribution in [0.15, 0.2) is 16.3 Å². The van der Waals surface area contributed by atoms with E-state index in [0.717, 1.165) is 11.3 Å². The lowest BCUT2D eigenvalue weighted by Gasteiger charge is -2.06. The molecule has 0 amide bonds. The van der Waals surface area contributed by atoms with Gasteiger partial charge in [-0.2, -0.15) is 9.97 Å². The standard InChI is InChI=1S/C10H11ClN4O4S2/c1-18-9-13-7(14-10(15-9)19-2)5-12-21(16,17)8-4-3-6(11)20-8/h3-4,12H,5H2,1-2H3. The summed E-state index contributed by atoms with van der Waals surface area (Å²) in [6, 6.07) is 3.00. The zero-order valence-corrected chi connectivity index (χ0v) is 13.4. The second-order valence-electron chi connectivity index (χ2n) is 3.61. The number of hydrogen-bond donors (Lipinski definition) is 1. The van der Waals surface area contributed by atoms with Gasteiger partial charge in [0.15, 0.2) is 5.82 Å². The molecule has 114 valence electrons. The molecule has 0 aliphatic rings. The van der Waals surface area contributed by atoms with Crippen LogP contribution in [0.2, 0.25) is 4.34 Å². The van der Waals surface area contributed by atoms with Gasteiger partial charge in [-0.1, -0.05) is 11.6 Å². The lowest BCUT2D eigenvalue weighted by molar-refractivity contribution is 0.336. The Labute approximate surface area is 130 Å². The molecule has 0 atom stereocenters. The van der Waals surface area contributed by atoms with Gasteiger partial charge in [-0.25, -0.2) is 13.1 Å². The molecular formula is C10H11ClN4O4S2. The van der Waals surface area contributed by atoms with E-state index < -0.39 is 10.0 Å². The molecule has 0 radical (unpaired) electrons. The maximum atomic E-state index is 12.0. The van der Waals surface area contributed by atoms with Crippen LogP contribution < -0.4 is 14.2 Å². The fourth-order valence-corrected chi connectivity index (χ4v) is 3.82. The van der Waals surface area contributed by atoms with E-state index in [1.165, 1.54) is 26.4 Å². The molecule has 2 rings (SSSR count). The summed E-state index contributed by atoms with van der Waals surface area (Å²) in [5, 5.41) is 0. The maximum absolute atomic E-state index is 12.0. The molecule has 8 nitrogen and oxygen atoms in total. The molecule has 11 heteroatoms. The normalized spacial score (nSPS) is 11.4. The van der Waals surface area contributed by atoms with E-state index in [9.17, 15) is 8.42 Å². The van der Waals surface area contributed by atoms with Gasteiger partial charge in [0.2, 0.25) is 0 Å². The van der Waals surface area contributed by atoms with E-state index >= 15 is 0 Å². The van der Waals surface area contributed by atoms with Crippen LogP contribution in [-0.4, -0.2) is 37.6 Å². The molecule has 2 heterocycles. The Kier molecular flexibility index (Phi) is 4.93. The van der Waals surface area contributed by atoms with Gasteiger partial charge in [0.05, 0.1) is 25.1 Å². The van der Waals surface area contributed by atoms with E-state index in [-0.39, 0.29) is 28.6 Å². The molecule has 2 aromatic rings. The number of sulfonamides is 1. The van der Waals surface area contributed by atoms with Gasteiger partial charge in [-0.3, -0.25) is 0 Å². The number of hydrogen-bond acceptors (Lipinski definition) is 8. The largest absolute Gasteiger partial charge is 0.467 e. The third kappa shape index (κ3) is 4.00. The number of halogens is 1. The summed E-state index contributed by atoms with van der Waals surface area (Å²) in [6.45, 7) is -0.132. The molecule has 2 aromatic heterocycles. The van der Waals surface area contributed by atoms with E-state index in [1.807, 2.05) is 0 Å². The third-order valence-corrected chi connectivity index (χ3v) is 5.36. The Morgan fingerprint density at radius 3 is 2.29 bits per heavy atom. The minimum Gasteiger partial charge on any atom is -0.467 e. The third-order valence-electron chi connectivity index (χ3n) is 2.24. The lowest BCUT2D eigenvalue weighted by atomic mass is 10.6. The van der Waals surface area contributed by atoms with Crippen molar-refractivity contribution in [1.29, 1.82) is 0 Å². The molecule has 0 spiro atoms. The predicted octanol–water partition coefficient (Wildman–Crippen LogP) is 1.08. The maximum Gasteiger partial charge on any atom is 0.322 e. The highest BCUT2D eigenvalue weighted by Crippen LogP contribution is 2.25. The van der Waals surface area contributed by atoms with E-state index in [1.54, 1.807) is 0 Å². The van der Waals surface area contributed by atoms with Crippen molar-refractivity contribution < 1.29 is 17.9 Å². The van der Waals surface area contributed by atoms with Crippen molar-refractivity contribution in [3.05, 3.63) is 22.3 Å². The van der Waals surface area contributed by atoms with Crippen molar-refractivity contribution in [2.45, 2.75) is 10.8 Å². The summed E-state index contributed by atoms with van der Waals surface area (Å²) in [5.74, 6) is 0.171. The first-order valence-electron chi connectivity index (χ1n) is 5.52. The van der Waals surface area contributed by atoms with Crippen molar-refractivity contribution in [2.75, 3.05) is 14.2 Å². The Hall–Kier alpha value is -1.49. The molecule has 0 aliphatic heterocycles. The first-order valence-corrected chi connectivity index (χ1v) is 8.20. The smallest absolute Gasteiger partial charge is 0.322 e. The average Bonchev–Trinajstić information content (AvgIpc) is 2.92. The second kappa shape index (κ2) is 6.52. The van der Waals surface area contributed by atoms with Crippen LogP contribution in [0.4, 0.5) is 0 Å². The molecule has 0 bridgehead atoms. The second-order valence-corrected chi connectivity index (χ2v) is 7.32. The van der Waals surface area contributed by atoms with Crippen LogP contribution in [-0.2, 0) is 16.6 Å². The van der Waals surface area contributed by atoms with Crippen LogP contribution in [0, 0.1) is 0 Å². The minimum atomic E-state index is -3.67. The van der Waals surface area contributed by atoms with E-state index in [0.29, 0.717) is 4.34 Å². The number of aromatic nitrogens is 3. The Balaban J connectivity index is 2.16. The highest BCUT2D eigenvalue weighted by Gasteiger charge is 2.17. The lowest BCUT2D eigenvalue weighted by Crippen LogP contribution is -2.24. The number of nitrogens with zero attached hydrogens (tertiary/aromatic N) is 3. The van der Waals surface area contributed by atoms with Crippen molar-refractivity contribution in [3.8, 4) is 12.0 Å². The Bertz CT molecular complexity index is 712. The van der Waals surface area contributed by atoms with Crippen molar-refractivity contribution in [2.24, 2.45) is 0 Å². The monoisotopic (exact) mass is 350 g/mol. The van der Waals surface area contributed by atoms with Gasteiger partial charge in [-0.05, 0) is 12.1 Å². The molecule has 21 heavy (non-hydrogen) atoms. The molecule has 0 aromatic carbocycles. The summed E-state index contributed by atoms with van der Waals surface area (Å²) in [6.07, 6.45) is 0. The molecule has 0 saturated carbocycles. The molecule has 0 unspecified atom stereocenters. The molecule has 0 fully saturated rings. The average molecular weight is 351 g/mol. The van der Waals surface area contributed by atoms with Gasteiger partial charge in [0.25, 0.3) is 10.0 Å². The molecule has 0 saturated heterocycles. The van der Waals surface area contributed by atoms with Crippen molar-refractivity contribution in [1.82, 2.24) is 19.7 Å². The fourth-order valence-electron chi connectivity index (χ4n) is 1.31. The van der Waals surface area contributed by atoms with Gasteiger partial charge < -0.3 is 9.47 Å². The number of rotatable bonds is 6. The summed E-state index contributed by atoms with van der Waals surface area (Å²) in [5.41, 5.74) is 0. The topological polar surface area (TPSA) is 103 Å². The Morgan fingerprint density at radius 1 is 1.19 bits per heavy atom. The molecular weight excluding hydrogens is 340 g/mol. The van der Waals surface area contributed by atoms with Crippen molar-refractivity contribution >= 4 is 33.0 Å². The SMILES string of the molecule is COc1nc(CNS(=O)(=O)c2ccc(Cl)s2)nc(OC)n1. The highest BCUT2D eigenvalue weighted by atomic mass is 35.5. The number of nitrogens with one attached hydrogen (secondary N) is 1. The van der Waals surface area contributed by atoms with Crippen LogP contribution >= 0.6 is 22.9 Å². The zero-order chi connectivity index (χ0) is 15.5.